The second-order valence-corrected chi connectivity index (χ2v) is 7.00. The minimum absolute atomic E-state index is 0.133. The van der Waals surface area contributed by atoms with Gasteiger partial charge < -0.3 is 4.57 Å². The van der Waals surface area contributed by atoms with Crippen LogP contribution in [0.4, 0.5) is 4.39 Å². The number of carbonyl (C=O) groups excluding carboxylic acids is 1. The fraction of sp³-hybridized carbons (Fsp3) is 0.0400. The second-order valence-electron chi connectivity index (χ2n) is 7.00. The molecule has 6 nitrogen and oxygen atoms in total. The van der Waals surface area contributed by atoms with Gasteiger partial charge in [0.1, 0.15) is 5.82 Å². The van der Waals surface area contributed by atoms with Gasteiger partial charge in [-0.25, -0.2) is 9.82 Å². The summed E-state index contributed by atoms with van der Waals surface area (Å²) < 4.78 is 16.0. The number of rotatable bonds is 5. The third-order valence-corrected chi connectivity index (χ3v) is 5.01. The molecule has 0 saturated carbocycles. The molecule has 4 aromatic rings. The minimum atomic E-state index is -0.787. The van der Waals surface area contributed by atoms with Gasteiger partial charge in [-0.15, -0.1) is 0 Å². The third kappa shape index (κ3) is 4.09. The summed E-state index contributed by atoms with van der Waals surface area (Å²) >= 11 is 0. The number of hydrogen-bond acceptors (Lipinski definition) is 4. The Labute approximate surface area is 183 Å². The summed E-state index contributed by atoms with van der Waals surface area (Å²) in [7, 11) is 0. The van der Waals surface area contributed by atoms with Crippen molar-refractivity contribution in [2.75, 3.05) is 0 Å². The Morgan fingerprint density at radius 1 is 1.06 bits per heavy atom. The summed E-state index contributed by atoms with van der Waals surface area (Å²) in [6.07, 6.45) is 3.38. The number of nitrogens with zero attached hydrogens (tertiary/aromatic N) is 4. The Bertz CT molecular complexity index is 1440. The highest BCUT2D eigenvalue weighted by molar-refractivity contribution is 6.00. The van der Waals surface area contributed by atoms with Crippen molar-refractivity contribution >= 4 is 23.0 Å². The lowest BCUT2D eigenvalue weighted by molar-refractivity contribution is 0.0951. The van der Waals surface area contributed by atoms with Crippen molar-refractivity contribution in [2.24, 2.45) is 5.10 Å². The molecule has 0 radical (unpaired) electrons. The van der Waals surface area contributed by atoms with Gasteiger partial charge in [0.25, 0.3) is 5.91 Å². The second kappa shape index (κ2) is 8.95. The average Bonchev–Trinajstić information content (AvgIpc) is 3.16. The Balaban J connectivity index is 1.59. The lowest BCUT2D eigenvalue weighted by Crippen LogP contribution is -2.19. The molecule has 0 aliphatic carbocycles. The molecule has 3 aromatic carbocycles. The van der Waals surface area contributed by atoms with Crippen molar-refractivity contribution in [3.63, 3.8) is 0 Å². The van der Waals surface area contributed by atoms with Crippen LogP contribution in [-0.4, -0.2) is 16.7 Å². The number of para-hydroxylation sites is 1. The van der Waals surface area contributed by atoms with Crippen LogP contribution in [0.3, 0.4) is 0 Å². The molecule has 0 fully saturated rings. The standard InChI is InChI=1S/C25H16FN5O/c26-23-11-17(12-27)9-10-22(23)25(32)30-29-14-20-16-31(24-8-4-3-7-21(20)24)15-19-6-2-1-5-18(19)13-28/h1-11,14,16H,15H2,(H,30,32)/b29-14-. The zero-order valence-electron chi connectivity index (χ0n) is 16.8. The smallest absolute Gasteiger partial charge is 0.274 e. The molecule has 0 spiro atoms. The molecule has 32 heavy (non-hydrogen) atoms. The monoisotopic (exact) mass is 421 g/mol. The van der Waals surface area contributed by atoms with Crippen LogP contribution in [0.2, 0.25) is 0 Å². The molecule has 0 saturated heterocycles. The lowest BCUT2D eigenvalue weighted by atomic mass is 10.1. The lowest BCUT2D eigenvalue weighted by Gasteiger charge is -2.07. The zero-order valence-corrected chi connectivity index (χ0v) is 16.8. The maximum atomic E-state index is 14.0. The van der Waals surface area contributed by atoms with E-state index in [0.29, 0.717) is 12.1 Å². The quantitative estimate of drug-likeness (QED) is 0.384. The van der Waals surface area contributed by atoms with Crippen molar-refractivity contribution in [1.29, 1.82) is 10.5 Å². The van der Waals surface area contributed by atoms with Gasteiger partial charge in [0.2, 0.25) is 0 Å². The summed E-state index contributed by atoms with van der Waals surface area (Å²) in [5.74, 6) is -1.50. The highest BCUT2D eigenvalue weighted by atomic mass is 19.1. The van der Waals surface area contributed by atoms with E-state index in [9.17, 15) is 14.4 Å². The minimum Gasteiger partial charge on any atom is -0.342 e. The molecule has 0 aliphatic rings. The van der Waals surface area contributed by atoms with Gasteiger partial charge in [-0.2, -0.15) is 15.6 Å². The van der Waals surface area contributed by atoms with Crippen molar-refractivity contribution in [3.8, 4) is 12.1 Å². The predicted octanol–water partition coefficient (Wildman–Crippen LogP) is 4.34. The van der Waals surface area contributed by atoms with Crippen molar-refractivity contribution in [2.45, 2.75) is 6.54 Å². The normalized spacial score (nSPS) is 10.7. The van der Waals surface area contributed by atoms with Gasteiger partial charge in [0, 0.05) is 29.2 Å². The van der Waals surface area contributed by atoms with E-state index in [4.69, 9.17) is 5.26 Å². The first-order valence-corrected chi connectivity index (χ1v) is 9.69. The Morgan fingerprint density at radius 2 is 1.84 bits per heavy atom. The molecule has 1 N–H and O–H groups in total. The molecule has 154 valence electrons. The van der Waals surface area contributed by atoms with Crippen LogP contribution in [0.5, 0.6) is 0 Å². The van der Waals surface area contributed by atoms with Crippen molar-refractivity contribution < 1.29 is 9.18 Å². The number of nitriles is 2. The van der Waals surface area contributed by atoms with Gasteiger partial charge in [-0.05, 0) is 35.9 Å². The number of carbonyl (C=O) groups is 1. The molecule has 0 bridgehead atoms. The highest BCUT2D eigenvalue weighted by Gasteiger charge is 2.12. The van der Waals surface area contributed by atoms with Crippen LogP contribution < -0.4 is 5.43 Å². The zero-order chi connectivity index (χ0) is 22.5. The number of amides is 1. The van der Waals surface area contributed by atoms with Crippen LogP contribution in [0.15, 0.2) is 78.0 Å². The SMILES string of the molecule is N#Cc1ccc(C(=O)N/N=C\c2cn(Cc3ccccc3C#N)c3ccccc23)c(F)c1. The average molecular weight is 421 g/mol. The topological polar surface area (TPSA) is 94.0 Å². The number of hydrogen-bond donors (Lipinski definition) is 1. The van der Waals surface area contributed by atoms with Gasteiger partial charge in [-0.1, -0.05) is 36.4 Å². The predicted molar refractivity (Wildman–Crippen MR) is 118 cm³/mol. The van der Waals surface area contributed by atoms with Gasteiger partial charge >= 0.3 is 0 Å². The van der Waals surface area contributed by atoms with E-state index in [0.717, 1.165) is 28.1 Å². The fourth-order valence-corrected chi connectivity index (χ4v) is 3.45. The van der Waals surface area contributed by atoms with Crippen LogP contribution in [0.25, 0.3) is 10.9 Å². The van der Waals surface area contributed by atoms with E-state index in [2.05, 4.69) is 16.6 Å². The summed E-state index contributed by atoms with van der Waals surface area (Å²) in [6.45, 7) is 0.501. The van der Waals surface area contributed by atoms with E-state index < -0.39 is 11.7 Å². The number of hydrazone groups is 1. The number of fused-ring (bicyclic) bond motifs is 1. The van der Waals surface area contributed by atoms with E-state index in [1.807, 2.05) is 59.3 Å². The van der Waals surface area contributed by atoms with Gasteiger partial charge in [0.15, 0.2) is 0 Å². The van der Waals surface area contributed by atoms with Crippen molar-refractivity contribution in [3.05, 3.63) is 107 Å². The van der Waals surface area contributed by atoms with Crippen LogP contribution in [-0.2, 0) is 6.54 Å². The number of benzene rings is 3. The van der Waals surface area contributed by atoms with Crippen LogP contribution >= 0.6 is 0 Å². The number of aromatic nitrogens is 1. The van der Waals surface area contributed by atoms with E-state index in [1.165, 1.54) is 18.3 Å². The molecule has 1 aromatic heterocycles. The molecule has 0 unspecified atom stereocenters. The molecular formula is C25H16FN5O. The summed E-state index contributed by atoms with van der Waals surface area (Å²) in [5.41, 5.74) is 5.47. The van der Waals surface area contributed by atoms with E-state index in [-0.39, 0.29) is 11.1 Å². The molecular weight excluding hydrogens is 405 g/mol. The van der Waals surface area contributed by atoms with Crippen molar-refractivity contribution in [1.82, 2.24) is 9.99 Å². The number of halogens is 1. The molecule has 7 heteroatoms. The number of nitrogens with one attached hydrogen (secondary N) is 1. The first-order chi connectivity index (χ1) is 15.6. The molecule has 0 aliphatic heterocycles. The van der Waals surface area contributed by atoms with Gasteiger partial charge in [-0.3, -0.25) is 4.79 Å². The maximum Gasteiger partial charge on any atom is 0.274 e. The van der Waals surface area contributed by atoms with Crippen LogP contribution in [0.1, 0.15) is 32.6 Å². The van der Waals surface area contributed by atoms with Crippen LogP contribution in [0, 0.1) is 28.5 Å². The highest BCUT2D eigenvalue weighted by Crippen LogP contribution is 2.22. The molecule has 0 atom stereocenters. The molecule has 1 heterocycles. The summed E-state index contributed by atoms with van der Waals surface area (Å²) in [5, 5.41) is 23.1. The summed E-state index contributed by atoms with van der Waals surface area (Å²) in [4.78, 5) is 12.3. The Morgan fingerprint density at radius 3 is 2.62 bits per heavy atom. The van der Waals surface area contributed by atoms with E-state index >= 15 is 0 Å². The Hall–Kier alpha value is -4.75. The summed E-state index contributed by atoms with van der Waals surface area (Å²) in [6, 6.07) is 22.8. The molecule has 1 amide bonds. The third-order valence-electron chi connectivity index (χ3n) is 5.01. The first kappa shape index (κ1) is 20.5. The maximum absolute atomic E-state index is 14.0. The van der Waals surface area contributed by atoms with E-state index in [1.54, 1.807) is 6.07 Å². The Kier molecular flexibility index (Phi) is 5.74. The molecule has 4 rings (SSSR count). The first-order valence-electron chi connectivity index (χ1n) is 9.69. The van der Waals surface area contributed by atoms with Gasteiger partial charge in [0.05, 0.1) is 35.0 Å². The fourth-order valence-electron chi connectivity index (χ4n) is 3.45. The largest absolute Gasteiger partial charge is 0.342 e.